The lowest BCUT2D eigenvalue weighted by Crippen LogP contribution is -2.10. The molecule has 0 aliphatic carbocycles. The van der Waals surface area contributed by atoms with Crippen LogP contribution in [0.2, 0.25) is 0 Å². The highest BCUT2D eigenvalue weighted by Gasteiger charge is 2.20. The maximum absolute atomic E-state index is 6.11. The highest BCUT2D eigenvalue weighted by atomic mass is 16.3. The van der Waals surface area contributed by atoms with Gasteiger partial charge in [-0.05, 0) is 82.9 Å². The summed E-state index contributed by atoms with van der Waals surface area (Å²) in [5.41, 5.74) is 13.6. The number of nitrogens with zero attached hydrogens (tertiary/aromatic N) is 2. The number of para-hydroxylation sites is 3. The van der Waals surface area contributed by atoms with Gasteiger partial charge in [0.15, 0.2) is 0 Å². The van der Waals surface area contributed by atoms with E-state index in [1.165, 1.54) is 49.2 Å². The zero-order valence-electron chi connectivity index (χ0n) is 27.6. The first-order valence-corrected chi connectivity index (χ1v) is 17.4. The largest absolute Gasteiger partial charge is 0.456 e. The quantitative estimate of drug-likeness (QED) is 0.185. The Morgan fingerprint density at radius 3 is 1.65 bits per heavy atom. The molecule has 3 heterocycles. The van der Waals surface area contributed by atoms with E-state index in [1.807, 2.05) is 12.1 Å². The minimum absolute atomic E-state index is 0.910. The van der Waals surface area contributed by atoms with Crippen LogP contribution >= 0.6 is 0 Å². The maximum Gasteiger partial charge on any atom is 0.135 e. The molecule has 0 N–H and O–H groups in total. The van der Waals surface area contributed by atoms with Gasteiger partial charge in [-0.25, -0.2) is 0 Å². The SMILES string of the molecule is c1ccc(-c2ccc(N(c3ccc(-c4ccc5oc6ccccc6c5c4)cc3)c3ccc4c5cccc6c7ccccc7n(c4c3)c65)cc2)cc1. The second-order valence-corrected chi connectivity index (χ2v) is 13.4. The van der Waals surface area contributed by atoms with Crippen molar-refractivity contribution in [2.75, 3.05) is 4.90 Å². The second-order valence-electron chi connectivity index (χ2n) is 13.4. The van der Waals surface area contributed by atoms with Gasteiger partial charge in [-0.1, -0.05) is 121 Å². The number of hydrogen-bond donors (Lipinski definition) is 0. The molecule has 11 aromatic rings. The van der Waals surface area contributed by atoms with Gasteiger partial charge in [0.25, 0.3) is 0 Å². The van der Waals surface area contributed by atoms with E-state index in [2.05, 4.69) is 179 Å². The van der Waals surface area contributed by atoms with Crippen LogP contribution in [0.15, 0.2) is 186 Å². The molecule has 8 aromatic carbocycles. The zero-order chi connectivity index (χ0) is 33.5. The van der Waals surface area contributed by atoms with E-state index in [-0.39, 0.29) is 0 Å². The summed E-state index contributed by atoms with van der Waals surface area (Å²) < 4.78 is 8.56. The van der Waals surface area contributed by atoms with Crippen LogP contribution in [-0.4, -0.2) is 4.40 Å². The molecule has 0 saturated carbocycles. The van der Waals surface area contributed by atoms with Crippen molar-refractivity contribution in [3.63, 3.8) is 0 Å². The van der Waals surface area contributed by atoms with Crippen LogP contribution in [-0.2, 0) is 0 Å². The Labute approximate surface area is 294 Å². The Balaban J connectivity index is 1.07. The van der Waals surface area contributed by atoms with Crippen LogP contribution < -0.4 is 4.90 Å². The minimum Gasteiger partial charge on any atom is -0.456 e. The molecule has 0 amide bonds. The molecule has 0 unspecified atom stereocenters. The summed E-state index contributed by atoms with van der Waals surface area (Å²) in [4.78, 5) is 2.37. The van der Waals surface area contributed by atoms with E-state index in [0.717, 1.165) is 50.1 Å². The maximum atomic E-state index is 6.11. The van der Waals surface area contributed by atoms with Crippen LogP contribution in [0.3, 0.4) is 0 Å². The molecule has 0 atom stereocenters. The van der Waals surface area contributed by atoms with Gasteiger partial charge in [-0.2, -0.15) is 0 Å². The molecule has 0 spiro atoms. The Hall–Kier alpha value is -6.84. The van der Waals surface area contributed by atoms with E-state index < -0.39 is 0 Å². The summed E-state index contributed by atoms with van der Waals surface area (Å²) in [5, 5.41) is 7.42. The predicted octanol–water partition coefficient (Wildman–Crippen LogP) is 13.5. The van der Waals surface area contributed by atoms with Crippen LogP contribution in [0.5, 0.6) is 0 Å². The normalized spacial score (nSPS) is 11.9. The summed E-state index contributed by atoms with van der Waals surface area (Å²) in [6.07, 6.45) is 0. The van der Waals surface area contributed by atoms with Crippen LogP contribution in [0, 0.1) is 0 Å². The smallest absolute Gasteiger partial charge is 0.135 e. The molecular formula is C48H30N2O. The third-order valence-electron chi connectivity index (χ3n) is 10.5. The molecule has 0 aliphatic rings. The fraction of sp³-hybridized carbons (Fsp3) is 0. The van der Waals surface area contributed by atoms with E-state index in [1.54, 1.807) is 0 Å². The summed E-state index contributed by atoms with van der Waals surface area (Å²) >= 11 is 0. The topological polar surface area (TPSA) is 20.8 Å². The summed E-state index contributed by atoms with van der Waals surface area (Å²) in [5.74, 6) is 0. The van der Waals surface area contributed by atoms with Gasteiger partial charge in [0.05, 0.1) is 16.6 Å². The molecule has 11 rings (SSSR count). The number of aromatic nitrogens is 1. The first-order chi connectivity index (χ1) is 25.3. The molecule has 0 fully saturated rings. The van der Waals surface area contributed by atoms with Crippen molar-refractivity contribution in [1.82, 2.24) is 4.40 Å². The third-order valence-corrected chi connectivity index (χ3v) is 10.5. The molecule has 3 aromatic heterocycles. The average Bonchev–Trinajstić information content (AvgIpc) is 3.86. The fourth-order valence-electron chi connectivity index (χ4n) is 8.15. The van der Waals surface area contributed by atoms with Gasteiger partial charge >= 0.3 is 0 Å². The van der Waals surface area contributed by atoms with Gasteiger partial charge in [0.1, 0.15) is 11.2 Å². The Bertz CT molecular complexity index is 3060. The third kappa shape index (κ3) is 4.25. The van der Waals surface area contributed by atoms with Crippen LogP contribution in [0.4, 0.5) is 17.1 Å². The van der Waals surface area contributed by atoms with Crippen molar-refractivity contribution in [3.8, 4) is 22.3 Å². The lowest BCUT2D eigenvalue weighted by molar-refractivity contribution is 0.669. The van der Waals surface area contributed by atoms with Crippen molar-refractivity contribution < 1.29 is 4.42 Å². The minimum atomic E-state index is 0.910. The summed E-state index contributed by atoms with van der Waals surface area (Å²) in [6.45, 7) is 0. The molecule has 0 aliphatic heterocycles. The lowest BCUT2D eigenvalue weighted by atomic mass is 10.0. The van der Waals surface area contributed by atoms with Crippen molar-refractivity contribution in [2.45, 2.75) is 0 Å². The molecule has 238 valence electrons. The average molecular weight is 651 g/mol. The predicted molar refractivity (Wildman–Crippen MR) is 214 cm³/mol. The lowest BCUT2D eigenvalue weighted by Gasteiger charge is -2.26. The molecule has 3 nitrogen and oxygen atoms in total. The zero-order valence-corrected chi connectivity index (χ0v) is 27.6. The Morgan fingerprint density at radius 1 is 0.333 bits per heavy atom. The van der Waals surface area contributed by atoms with Gasteiger partial charge in [-0.15, -0.1) is 0 Å². The first kappa shape index (κ1) is 28.0. The summed E-state index contributed by atoms with van der Waals surface area (Å²) in [6, 6.07) is 65.5. The number of hydrogen-bond acceptors (Lipinski definition) is 2. The van der Waals surface area contributed by atoms with E-state index in [0.29, 0.717) is 0 Å². The van der Waals surface area contributed by atoms with Gasteiger partial charge in [0, 0.05) is 49.4 Å². The van der Waals surface area contributed by atoms with Crippen LogP contribution in [0.25, 0.3) is 82.3 Å². The molecular weight excluding hydrogens is 621 g/mol. The number of furan rings is 1. The molecule has 0 saturated heterocycles. The Morgan fingerprint density at radius 2 is 0.882 bits per heavy atom. The van der Waals surface area contributed by atoms with E-state index in [4.69, 9.17) is 4.42 Å². The molecule has 0 radical (unpaired) electrons. The molecule has 0 bridgehead atoms. The Kier molecular flexibility index (Phi) is 5.96. The highest BCUT2D eigenvalue weighted by molar-refractivity contribution is 6.23. The number of anilines is 3. The standard InChI is InChI=1S/C48H30N2O/c1-2-9-31(10-3-1)32-17-22-35(23-18-32)49(36-24-19-33(20-25-36)34-21-28-47-43(29-34)40-12-5-7-16-46(40)51-47)37-26-27-39-42-14-8-13-41-38-11-4-6-15-44(38)50(48(41)42)45(39)30-37/h1-30H. The van der Waals surface area contributed by atoms with Gasteiger partial charge in [0.2, 0.25) is 0 Å². The van der Waals surface area contributed by atoms with Crippen molar-refractivity contribution >= 4 is 77.1 Å². The number of rotatable bonds is 5. The monoisotopic (exact) mass is 650 g/mol. The van der Waals surface area contributed by atoms with Crippen LogP contribution in [0.1, 0.15) is 0 Å². The summed E-state index contributed by atoms with van der Waals surface area (Å²) in [7, 11) is 0. The fourth-order valence-corrected chi connectivity index (χ4v) is 8.15. The highest BCUT2D eigenvalue weighted by Crippen LogP contribution is 2.43. The molecule has 51 heavy (non-hydrogen) atoms. The van der Waals surface area contributed by atoms with Crippen molar-refractivity contribution in [3.05, 3.63) is 182 Å². The number of benzene rings is 8. The second kappa shape index (κ2) is 10.8. The van der Waals surface area contributed by atoms with Gasteiger partial charge in [-0.3, -0.25) is 0 Å². The van der Waals surface area contributed by atoms with E-state index >= 15 is 0 Å². The van der Waals surface area contributed by atoms with Crippen molar-refractivity contribution in [1.29, 1.82) is 0 Å². The first-order valence-electron chi connectivity index (χ1n) is 17.4. The van der Waals surface area contributed by atoms with E-state index in [9.17, 15) is 0 Å². The number of fused-ring (bicyclic) bond motifs is 9. The van der Waals surface area contributed by atoms with Gasteiger partial charge < -0.3 is 13.7 Å². The van der Waals surface area contributed by atoms with Crippen molar-refractivity contribution in [2.24, 2.45) is 0 Å². The molecule has 3 heteroatoms.